The quantitative estimate of drug-likeness (QED) is 0.379. The summed E-state index contributed by atoms with van der Waals surface area (Å²) in [4.78, 5) is 4.63. The van der Waals surface area contributed by atoms with Crippen LogP contribution >= 0.6 is 0 Å². The van der Waals surface area contributed by atoms with Crippen LogP contribution in [0.15, 0.2) is 30.0 Å². The lowest BCUT2D eigenvalue weighted by Crippen LogP contribution is -2.27. The van der Waals surface area contributed by atoms with E-state index in [4.69, 9.17) is 0 Å². The minimum atomic E-state index is 0.348. The topological polar surface area (TPSA) is 36.4 Å². The van der Waals surface area contributed by atoms with Crippen molar-refractivity contribution in [2.45, 2.75) is 66.5 Å². The maximum absolute atomic E-state index is 4.63. The van der Waals surface area contributed by atoms with Crippen molar-refractivity contribution < 1.29 is 0 Å². The molecule has 0 saturated carbocycles. The molecule has 3 unspecified atom stereocenters. The Hall–Kier alpha value is -1.25. The molecule has 0 rings (SSSR count). The maximum Gasteiger partial charge on any atom is 0.0974 e. The van der Waals surface area contributed by atoms with E-state index < -0.39 is 0 Å². The fraction of sp³-hybridized carbons (Fsp3) is 0.706. The third-order valence-corrected chi connectivity index (χ3v) is 3.59. The summed E-state index contributed by atoms with van der Waals surface area (Å²) in [5.74, 6) is 2.16. The third-order valence-electron chi connectivity index (χ3n) is 3.59. The molecule has 0 saturated heterocycles. The molecule has 3 nitrogen and oxygen atoms in total. The van der Waals surface area contributed by atoms with Gasteiger partial charge in [0.05, 0.1) is 5.84 Å². The summed E-state index contributed by atoms with van der Waals surface area (Å²) in [7, 11) is 0. The van der Waals surface area contributed by atoms with Crippen LogP contribution in [0.1, 0.15) is 54.4 Å². The molecule has 0 bridgehead atoms. The van der Waals surface area contributed by atoms with Crippen molar-refractivity contribution in [2.24, 2.45) is 16.8 Å². The Morgan fingerprint density at radius 1 is 1.10 bits per heavy atom. The first-order valence-corrected chi connectivity index (χ1v) is 7.71. The summed E-state index contributed by atoms with van der Waals surface area (Å²) in [6.07, 6.45) is 8.11. The van der Waals surface area contributed by atoms with Gasteiger partial charge in [-0.05, 0) is 45.4 Å². The molecule has 0 aliphatic heterocycles. The monoisotopic (exact) mass is 279 g/mol. The number of nitrogens with one attached hydrogen (secondary N) is 2. The van der Waals surface area contributed by atoms with Crippen molar-refractivity contribution in [1.29, 1.82) is 0 Å². The summed E-state index contributed by atoms with van der Waals surface area (Å²) in [6, 6.07) is 0.824. The van der Waals surface area contributed by atoms with Crippen LogP contribution in [0.3, 0.4) is 0 Å². The predicted molar refractivity (Wildman–Crippen MR) is 90.9 cm³/mol. The molecule has 0 fully saturated rings. The van der Waals surface area contributed by atoms with Gasteiger partial charge >= 0.3 is 0 Å². The van der Waals surface area contributed by atoms with Crippen LogP contribution < -0.4 is 10.6 Å². The van der Waals surface area contributed by atoms with Gasteiger partial charge in [0.15, 0.2) is 0 Å². The molecule has 116 valence electrons. The fourth-order valence-electron chi connectivity index (χ4n) is 1.61. The Morgan fingerprint density at radius 3 is 2.30 bits per heavy atom. The van der Waals surface area contributed by atoms with Crippen LogP contribution in [-0.2, 0) is 0 Å². The van der Waals surface area contributed by atoms with E-state index >= 15 is 0 Å². The zero-order chi connectivity index (χ0) is 15.5. The van der Waals surface area contributed by atoms with E-state index in [0.29, 0.717) is 23.9 Å². The van der Waals surface area contributed by atoms with Crippen molar-refractivity contribution in [1.82, 2.24) is 10.6 Å². The highest BCUT2D eigenvalue weighted by molar-refractivity contribution is 5.80. The molecule has 0 amide bonds. The van der Waals surface area contributed by atoms with E-state index in [1.807, 2.05) is 25.4 Å². The normalized spacial score (nSPS) is 17.1. The average Bonchev–Trinajstić information content (AvgIpc) is 2.40. The minimum Gasteiger partial charge on any atom is -0.387 e. The van der Waals surface area contributed by atoms with E-state index in [1.165, 1.54) is 0 Å². The van der Waals surface area contributed by atoms with Gasteiger partial charge in [-0.2, -0.15) is 0 Å². The molecular weight excluding hydrogens is 246 g/mol. The summed E-state index contributed by atoms with van der Waals surface area (Å²) in [5.41, 5.74) is 0. The van der Waals surface area contributed by atoms with E-state index in [9.17, 15) is 0 Å². The highest BCUT2D eigenvalue weighted by atomic mass is 15.0. The molecule has 0 spiro atoms. The second-order valence-electron chi connectivity index (χ2n) is 6.03. The lowest BCUT2D eigenvalue weighted by Gasteiger charge is -2.15. The second kappa shape index (κ2) is 10.5. The van der Waals surface area contributed by atoms with Crippen molar-refractivity contribution in [2.75, 3.05) is 0 Å². The maximum atomic E-state index is 4.63. The molecule has 0 radical (unpaired) electrons. The third kappa shape index (κ3) is 9.65. The molecule has 0 aliphatic rings. The van der Waals surface area contributed by atoms with E-state index in [-0.39, 0.29) is 0 Å². The van der Waals surface area contributed by atoms with Crippen molar-refractivity contribution in [3.8, 4) is 0 Å². The summed E-state index contributed by atoms with van der Waals surface area (Å²) in [6.45, 7) is 16.8. The number of rotatable bonds is 9. The van der Waals surface area contributed by atoms with Gasteiger partial charge in [0.1, 0.15) is 0 Å². The number of allylic oxidation sites excluding steroid dienone is 1. The molecule has 20 heavy (non-hydrogen) atoms. The van der Waals surface area contributed by atoms with Crippen molar-refractivity contribution >= 4 is 5.84 Å². The molecule has 2 N–H and O–H groups in total. The Balaban J connectivity index is 4.00. The number of amidine groups is 1. The standard InChI is InChI=1S/C17H33N3/c1-8-14(4)9-10-15(5)20-17(7)19-12-11-18-16(6)13(2)3/h8,11-16,18H,1,9-10H2,2-7H3,(H,19,20)/b12-11+. The van der Waals surface area contributed by atoms with Gasteiger partial charge in [0.25, 0.3) is 0 Å². The number of hydrogen-bond acceptors (Lipinski definition) is 2. The number of nitrogens with zero attached hydrogens (tertiary/aromatic N) is 1. The molecular formula is C17H33N3. The first kappa shape index (κ1) is 18.8. The second-order valence-corrected chi connectivity index (χ2v) is 6.03. The lowest BCUT2D eigenvalue weighted by atomic mass is 10.0. The predicted octanol–water partition coefficient (Wildman–Crippen LogP) is 4.09. The number of aliphatic imine (C=N–C) groups is 1. The largest absolute Gasteiger partial charge is 0.387 e. The minimum absolute atomic E-state index is 0.348. The van der Waals surface area contributed by atoms with Gasteiger partial charge in [0.2, 0.25) is 0 Å². The van der Waals surface area contributed by atoms with Crippen LogP contribution in [0.25, 0.3) is 0 Å². The van der Waals surface area contributed by atoms with Crippen LogP contribution in [-0.4, -0.2) is 17.9 Å². The fourth-order valence-corrected chi connectivity index (χ4v) is 1.61. The van der Waals surface area contributed by atoms with Gasteiger partial charge in [-0.15, -0.1) is 6.58 Å². The summed E-state index contributed by atoms with van der Waals surface area (Å²) >= 11 is 0. The average molecular weight is 279 g/mol. The van der Waals surface area contributed by atoms with Crippen molar-refractivity contribution in [3.05, 3.63) is 25.1 Å². The summed E-state index contributed by atoms with van der Waals surface area (Å²) in [5, 5.41) is 6.53. The van der Waals surface area contributed by atoms with E-state index in [2.05, 4.69) is 56.8 Å². The van der Waals surface area contributed by atoms with Crippen molar-refractivity contribution in [3.63, 3.8) is 0 Å². The first-order valence-electron chi connectivity index (χ1n) is 7.71. The molecule has 0 aliphatic carbocycles. The van der Waals surface area contributed by atoms with Gasteiger partial charge in [-0.25, -0.2) is 0 Å². The smallest absolute Gasteiger partial charge is 0.0974 e. The van der Waals surface area contributed by atoms with Gasteiger partial charge < -0.3 is 10.6 Å². The van der Waals surface area contributed by atoms with Gasteiger partial charge in [-0.3, -0.25) is 4.99 Å². The van der Waals surface area contributed by atoms with Crippen LogP contribution in [0.2, 0.25) is 0 Å². The SMILES string of the molecule is C=CC(C)CCC(C)N=C(C)N/C=C/NC(C)C(C)C. The Morgan fingerprint density at radius 2 is 1.75 bits per heavy atom. The molecule has 0 aromatic heterocycles. The first-order chi connectivity index (χ1) is 9.36. The molecule has 3 heteroatoms. The Kier molecular flexibility index (Phi) is 9.87. The van der Waals surface area contributed by atoms with E-state index in [0.717, 1.165) is 18.7 Å². The lowest BCUT2D eigenvalue weighted by molar-refractivity contribution is 0.473. The highest BCUT2D eigenvalue weighted by Crippen LogP contribution is 2.10. The zero-order valence-electron chi connectivity index (χ0n) is 14.1. The van der Waals surface area contributed by atoms with Gasteiger partial charge in [-0.1, -0.05) is 26.8 Å². The summed E-state index contributed by atoms with van der Waals surface area (Å²) < 4.78 is 0. The zero-order valence-corrected chi connectivity index (χ0v) is 14.1. The Labute approximate surface area is 125 Å². The number of hydrogen-bond donors (Lipinski definition) is 2. The van der Waals surface area contributed by atoms with Crippen LogP contribution in [0.5, 0.6) is 0 Å². The molecule has 0 aromatic carbocycles. The van der Waals surface area contributed by atoms with Crippen LogP contribution in [0.4, 0.5) is 0 Å². The Bertz CT molecular complexity index is 318. The molecule has 3 atom stereocenters. The van der Waals surface area contributed by atoms with E-state index in [1.54, 1.807) is 0 Å². The van der Waals surface area contributed by atoms with Gasteiger partial charge in [0, 0.05) is 24.5 Å². The highest BCUT2D eigenvalue weighted by Gasteiger charge is 2.03. The molecule has 0 heterocycles. The molecule has 0 aromatic rings. The van der Waals surface area contributed by atoms with Crippen LogP contribution in [0, 0.1) is 11.8 Å².